The van der Waals surface area contributed by atoms with Crippen LogP contribution in [0.15, 0.2) is 42.5 Å². The second-order valence-electron chi connectivity index (χ2n) is 4.61. The molecule has 0 aromatic heterocycles. The molecule has 1 unspecified atom stereocenters. The van der Waals surface area contributed by atoms with E-state index in [0.29, 0.717) is 22.9 Å². The minimum Gasteiger partial charge on any atom is -0.508 e. The van der Waals surface area contributed by atoms with Crippen molar-refractivity contribution in [2.45, 2.75) is 12.5 Å². The molecule has 0 saturated carbocycles. The van der Waals surface area contributed by atoms with Crippen molar-refractivity contribution in [3.8, 4) is 11.5 Å². The summed E-state index contributed by atoms with van der Waals surface area (Å²) < 4.78 is 5.68. The van der Waals surface area contributed by atoms with Crippen molar-refractivity contribution in [1.29, 1.82) is 0 Å². The van der Waals surface area contributed by atoms with E-state index in [1.54, 1.807) is 12.1 Å². The molecule has 1 atom stereocenters. The van der Waals surface area contributed by atoms with Gasteiger partial charge in [0.05, 0.1) is 5.69 Å². The molecule has 3 rings (SSSR count). The Hall–Kier alpha value is -2.20. The molecule has 0 spiro atoms. The Kier molecular flexibility index (Phi) is 3.24. The maximum Gasteiger partial charge on any atom is 0.265 e. The molecule has 1 aliphatic heterocycles. The van der Waals surface area contributed by atoms with Crippen LogP contribution in [0.4, 0.5) is 5.69 Å². The van der Waals surface area contributed by atoms with E-state index in [9.17, 15) is 9.90 Å². The van der Waals surface area contributed by atoms with E-state index in [2.05, 4.69) is 5.32 Å². The maximum atomic E-state index is 12.0. The zero-order chi connectivity index (χ0) is 14.1. The average molecular weight is 290 g/mol. The van der Waals surface area contributed by atoms with E-state index in [4.69, 9.17) is 16.3 Å². The Morgan fingerprint density at radius 2 is 2.10 bits per heavy atom. The highest BCUT2D eigenvalue weighted by Crippen LogP contribution is 2.33. The van der Waals surface area contributed by atoms with Crippen LogP contribution >= 0.6 is 11.6 Å². The lowest BCUT2D eigenvalue weighted by molar-refractivity contribution is -0.123. The van der Waals surface area contributed by atoms with Gasteiger partial charge in [0, 0.05) is 17.5 Å². The number of ether oxygens (including phenoxy) is 1. The molecule has 1 aliphatic rings. The van der Waals surface area contributed by atoms with Crippen LogP contribution in [0.1, 0.15) is 5.56 Å². The van der Waals surface area contributed by atoms with Crippen LogP contribution in [0.5, 0.6) is 11.5 Å². The van der Waals surface area contributed by atoms with Crippen molar-refractivity contribution in [2.24, 2.45) is 0 Å². The molecule has 5 heteroatoms. The first kappa shape index (κ1) is 12.8. The van der Waals surface area contributed by atoms with Crippen molar-refractivity contribution in [3.63, 3.8) is 0 Å². The van der Waals surface area contributed by atoms with Crippen LogP contribution in [0.3, 0.4) is 0 Å². The number of fused-ring (bicyclic) bond motifs is 1. The number of carbonyl (C=O) groups excluding carboxylic acids is 1. The maximum absolute atomic E-state index is 12.0. The largest absolute Gasteiger partial charge is 0.508 e. The van der Waals surface area contributed by atoms with Gasteiger partial charge in [-0.3, -0.25) is 4.79 Å². The van der Waals surface area contributed by atoms with Gasteiger partial charge in [0.25, 0.3) is 5.91 Å². The van der Waals surface area contributed by atoms with Gasteiger partial charge in [-0.1, -0.05) is 23.7 Å². The molecular formula is C15H12ClNO3. The van der Waals surface area contributed by atoms with E-state index < -0.39 is 6.10 Å². The van der Waals surface area contributed by atoms with E-state index in [1.807, 2.05) is 18.2 Å². The Morgan fingerprint density at radius 1 is 1.25 bits per heavy atom. The normalized spacial score (nSPS) is 17.1. The molecule has 0 fully saturated rings. The molecular weight excluding hydrogens is 278 g/mol. The number of anilines is 1. The Bertz CT molecular complexity index is 672. The highest BCUT2D eigenvalue weighted by atomic mass is 35.5. The smallest absolute Gasteiger partial charge is 0.265 e. The van der Waals surface area contributed by atoms with Gasteiger partial charge < -0.3 is 15.2 Å². The number of rotatable bonds is 2. The fourth-order valence-electron chi connectivity index (χ4n) is 2.15. The number of halogens is 1. The SMILES string of the molecule is O=C1Nc2cc(O)ccc2OC1Cc1cccc(Cl)c1. The van der Waals surface area contributed by atoms with Crippen molar-refractivity contribution in [3.05, 3.63) is 53.1 Å². The van der Waals surface area contributed by atoms with Gasteiger partial charge in [0.2, 0.25) is 0 Å². The molecule has 2 aromatic carbocycles. The molecule has 2 N–H and O–H groups in total. The summed E-state index contributed by atoms with van der Waals surface area (Å²) in [5.74, 6) is 0.401. The lowest BCUT2D eigenvalue weighted by atomic mass is 10.1. The second-order valence-corrected chi connectivity index (χ2v) is 5.05. The summed E-state index contributed by atoms with van der Waals surface area (Å²) in [6.07, 6.45) is -0.169. The van der Waals surface area contributed by atoms with Crippen LogP contribution in [0, 0.1) is 0 Å². The highest BCUT2D eigenvalue weighted by Gasteiger charge is 2.27. The summed E-state index contributed by atoms with van der Waals surface area (Å²) in [4.78, 5) is 12.0. The van der Waals surface area contributed by atoms with Crippen molar-refractivity contribution in [1.82, 2.24) is 0 Å². The zero-order valence-corrected chi connectivity index (χ0v) is 11.2. The minimum atomic E-state index is -0.606. The molecule has 0 radical (unpaired) electrons. The molecule has 2 aromatic rings. The van der Waals surface area contributed by atoms with Crippen LogP contribution in [0.2, 0.25) is 5.02 Å². The summed E-state index contributed by atoms with van der Waals surface area (Å²) in [7, 11) is 0. The van der Waals surface area contributed by atoms with Crippen LogP contribution in [0.25, 0.3) is 0 Å². The van der Waals surface area contributed by atoms with E-state index >= 15 is 0 Å². The van der Waals surface area contributed by atoms with E-state index in [0.717, 1.165) is 5.56 Å². The highest BCUT2D eigenvalue weighted by molar-refractivity contribution is 6.30. The van der Waals surface area contributed by atoms with Gasteiger partial charge >= 0.3 is 0 Å². The molecule has 1 heterocycles. The molecule has 0 saturated heterocycles. The van der Waals surface area contributed by atoms with E-state index in [-0.39, 0.29) is 11.7 Å². The van der Waals surface area contributed by atoms with Crippen molar-refractivity contribution in [2.75, 3.05) is 5.32 Å². The number of phenolic OH excluding ortho intramolecular Hbond substituents is 1. The fourth-order valence-corrected chi connectivity index (χ4v) is 2.36. The number of amides is 1. The number of nitrogens with one attached hydrogen (secondary N) is 1. The third-order valence-electron chi connectivity index (χ3n) is 3.09. The van der Waals surface area contributed by atoms with Gasteiger partial charge in [-0.2, -0.15) is 0 Å². The van der Waals surface area contributed by atoms with Gasteiger partial charge in [-0.25, -0.2) is 0 Å². The zero-order valence-electron chi connectivity index (χ0n) is 10.5. The molecule has 0 aliphatic carbocycles. The summed E-state index contributed by atoms with van der Waals surface area (Å²) in [5.41, 5.74) is 1.41. The van der Waals surface area contributed by atoms with Gasteiger partial charge in [-0.15, -0.1) is 0 Å². The Morgan fingerprint density at radius 3 is 2.90 bits per heavy atom. The quantitative estimate of drug-likeness (QED) is 0.893. The predicted molar refractivity (Wildman–Crippen MR) is 76.3 cm³/mol. The van der Waals surface area contributed by atoms with E-state index in [1.165, 1.54) is 12.1 Å². The third kappa shape index (κ3) is 2.56. The monoisotopic (exact) mass is 289 g/mol. The number of benzene rings is 2. The van der Waals surface area contributed by atoms with Gasteiger partial charge in [0.15, 0.2) is 6.10 Å². The number of hydrogen-bond donors (Lipinski definition) is 2. The first-order valence-electron chi connectivity index (χ1n) is 6.17. The standard InChI is InChI=1S/C15H12ClNO3/c16-10-3-1-2-9(6-10)7-14-15(19)17-12-8-11(18)4-5-13(12)20-14/h1-6,8,14,18H,7H2,(H,17,19). The molecule has 0 bridgehead atoms. The number of phenols is 1. The van der Waals surface area contributed by atoms with Gasteiger partial charge in [-0.05, 0) is 29.8 Å². The summed E-state index contributed by atoms with van der Waals surface area (Å²) in [6.45, 7) is 0. The first-order valence-corrected chi connectivity index (χ1v) is 6.54. The predicted octanol–water partition coefficient (Wildman–Crippen LogP) is 2.99. The molecule has 1 amide bonds. The molecule has 4 nitrogen and oxygen atoms in total. The Balaban J connectivity index is 1.82. The summed E-state index contributed by atoms with van der Waals surface area (Å²) >= 11 is 5.93. The fraction of sp³-hybridized carbons (Fsp3) is 0.133. The first-order chi connectivity index (χ1) is 9.61. The number of aromatic hydroxyl groups is 1. The number of hydrogen-bond acceptors (Lipinski definition) is 3. The van der Waals surface area contributed by atoms with Crippen molar-refractivity contribution < 1.29 is 14.6 Å². The van der Waals surface area contributed by atoms with Crippen LogP contribution in [-0.2, 0) is 11.2 Å². The molecule has 20 heavy (non-hydrogen) atoms. The average Bonchev–Trinajstić information content (AvgIpc) is 2.40. The topological polar surface area (TPSA) is 58.6 Å². The minimum absolute atomic E-state index is 0.0842. The van der Waals surface area contributed by atoms with Crippen LogP contribution in [-0.4, -0.2) is 17.1 Å². The number of carbonyl (C=O) groups is 1. The van der Waals surface area contributed by atoms with Crippen molar-refractivity contribution >= 4 is 23.2 Å². The summed E-state index contributed by atoms with van der Waals surface area (Å²) in [6, 6.07) is 11.9. The lowest BCUT2D eigenvalue weighted by Crippen LogP contribution is -2.38. The lowest BCUT2D eigenvalue weighted by Gasteiger charge is -2.26. The molecule has 102 valence electrons. The Labute approximate surface area is 120 Å². The second kappa shape index (κ2) is 5.06. The third-order valence-corrected chi connectivity index (χ3v) is 3.33. The van der Waals surface area contributed by atoms with Gasteiger partial charge in [0.1, 0.15) is 11.5 Å². The van der Waals surface area contributed by atoms with Crippen LogP contribution < -0.4 is 10.1 Å². The summed E-state index contributed by atoms with van der Waals surface area (Å²) in [5, 5.41) is 12.7.